The molecule has 0 saturated heterocycles. The Balaban J connectivity index is -0.000000000500. The van der Waals surface area contributed by atoms with E-state index in [1.54, 1.807) is 0 Å². The largest absolute Gasteiger partial charge is 0.307 e. The maximum Gasteiger partial charge on any atom is 0.106 e. The van der Waals surface area contributed by atoms with Crippen LogP contribution in [0, 0.1) is 0 Å². The lowest BCUT2D eigenvalue weighted by Gasteiger charge is -0.837. The first-order valence-electron chi connectivity index (χ1n) is 0.289. The number of rotatable bonds is 0. The molecule has 0 aliphatic heterocycles. The summed E-state index contributed by atoms with van der Waals surface area (Å²) in [6.45, 7) is 2.00. The summed E-state index contributed by atoms with van der Waals surface area (Å²) in [5, 5.41) is 0. The molecule has 0 N–H and O–H groups in total. The minimum atomic E-state index is 0. The Morgan fingerprint density at radius 1 is 0.714 bits per heavy atom. The van der Waals surface area contributed by atoms with Crippen molar-refractivity contribution in [2.75, 3.05) is 0 Å². The molecule has 0 atom stereocenters. The molecular weight excluding hydrogens is 132 g/mol. The molecule has 52 valence electrons. The van der Waals surface area contributed by atoms with Crippen molar-refractivity contribution in [3.63, 3.8) is 0 Å². The molecular formula is CH10F4OSi. The van der Waals surface area contributed by atoms with E-state index in [0.717, 1.165) is 0 Å². The van der Waals surface area contributed by atoms with Gasteiger partial charge in [0, 0.05) is 0 Å². The summed E-state index contributed by atoms with van der Waals surface area (Å²) in [4.78, 5) is 8.00. The average Bonchev–Trinajstić information content (AvgIpc) is 1.00. The fourth-order valence-electron chi connectivity index (χ4n) is 0. The van der Waals surface area contributed by atoms with Gasteiger partial charge in [-0.1, -0.05) is 0 Å². The van der Waals surface area contributed by atoms with E-state index in [-0.39, 0.29) is 29.8 Å². The summed E-state index contributed by atoms with van der Waals surface area (Å²) in [5.41, 5.74) is 0. The Kier molecular flexibility index (Phi) is 62000. The number of hydrogen-bond acceptors (Lipinski definition) is 1. The zero-order valence-corrected chi connectivity index (χ0v) is 2.75. The Morgan fingerprint density at radius 3 is 0.714 bits per heavy atom. The van der Waals surface area contributed by atoms with Crippen molar-refractivity contribution < 1.29 is 23.6 Å². The molecule has 0 aromatic carbocycles. The van der Waals surface area contributed by atoms with Crippen molar-refractivity contribution >= 4 is 17.8 Å². The van der Waals surface area contributed by atoms with Crippen LogP contribution in [0.25, 0.3) is 0 Å². The zero-order valence-electron chi connectivity index (χ0n) is 2.75. The molecule has 6 heteroatoms. The molecule has 0 radical (unpaired) electrons. The second-order valence-electron chi connectivity index (χ2n) is 0. The van der Waals surface area contributed by atoms with E-state index in [1.807, 2.05) is 6.79 Å². The predicted octanol–water partition coefficient (Wildman–Crippen LogP) is -1.03. The third-order valence-corrected chi connectivity index (χ3v) is 0. The van der Waals surface area contributed by atoms with Crippen LogP contribution in [0.1, 0.15) is 0 Å². The topological polar surface area (TPSA) is 17.1 Å². The van der Waals surface area contributed by atoms with Gasteiger partial charge in [-0.2, -0.15) is 0 Å². The Hall–Kier alpha value is -0.393. The molecule has 0 amide bonds. The molecule has 0 spiro atoms. The standard InChI is InChI=1S/CH2O.4FH.H4Si/c1-2;;;;;/h1H2;4*1H;1H4. The molecule has 0 rings (SSSR count). The first kappa shape index (κ1) is 564. The maximum absolute atomic E-state index is 8.00. The van der Waals surface area contributed by atoms with E-state index in [9.17, 15) is 0 Å². The zero-order chi connectivity index (χ0) is 2.00. The fourth-order valence-corrected chi connectivity index (χ4v) is 0. The van der Waals surface area contributed by atoms with Crippen molar-refractivity contribution in [1.29, 1.82) is 0 Å². The second-order valence-corrected chi connectivity index (χ2v) is 0. The minimum absolute atomic E-state index is 0. The summed E-state index contributed by atoms with van der Waals surface area (Å²) in [6.07, 6.45) is 0. The third-order valence-electron chi connectivity index (χ3n) is 0. The quantitative estimate of drug-likeness (QED) is 0.312. The highest BCUT2D eigenvalue weighted by atomic mass is 28.1. The van der Waals surface area contributed by atoms with Crippen LogP contribution >= 0.6 is 0 Å². The Morgan fingerprint density at radius 2 is 0.714 bits per heavy atom. The number of hydrogen-bond donors (Lipinski definition) is 0. The highest BCUT2D eigenvalue weighted by Crippen LogP contribution is 0.495. The molecule has 0 heterocycles. The molecule has 0 unspecified atom stereocenters. The lowest BCUT2D eigenvalue weighted by atomic mass is 11.9. The molecule has 0 aliphatic carbocycles. The minimum Gasteiger partial charge on any atom is -0.307 e. The van der Waals surface area contributed by atoms with Gasteiger partial charge in [0.05, 0.1) is 0 Å². The van der Waals surface area contributed by atoms with E-state index in [4.69, 9.17) is 4.79 Å². The van der Waals surface area contributed by atoms with Crippen LogP contribution in [0.5, 0.6) is 0 Å². The van der Waals surface area contributed by atoms with Gasteiger partial charge in [0.25, 0.3) is 0 Å². The van der Waals surface area contributed by atoms with Gasteiger partial charge < -0.3 is 4.79 Å². The van der Waals surface area contributed by atoms with E-state index in [0.29, 0.717) is 0 Å². The van der Waals surface area contributed by atoms with Crippen molar-refractivity contribution in [3.8, 4) is 0 Å². The van der Waals surface area contributed by atoms with E-state index in [2.05, 4.69) is 0 Å². The highest BCUT2D eigenvalue weighted by molar-refractivity contribution is 5.75. The van der Waals surface area contributed by atoms with E-state index < -0.39 is 0 Å². The van der Waals surface area contributed by atoms with Crippen LogP contribution in [0.2, 0.25) is 0 Å². The molecule has 0 aliphatic rings. The second kappa shape index (κ2) is 770. The van der Waals surface area contributed by atoms with Gasteiger partial charge in [0.15, 0.2) is 0 Å². The van der Waals surface area contributed by atoms with Crippen molar-refractivity contribution in [1.82, 2.24) is 0 Å². The van der Waals surface area contributed by atoms with Crippen LogP contribution < -0.4 is 0 Å². The highest BCUT2D eigenvalue weighted by Gasteiger charge is 0.636. The number of carbonyl (C=O) groups is 1. The SMILES string of the molecule is C=O.F.F.F.F.[SiH4]. The number of carbonyl (C=O) groups excluding carboxylic acids is 1. The van der Waals surface area contributed by atoms with Crippen molar-refractivity contribution in [2.45, 2.75) is 0 Å². The summed E-state index contributed by atoms with van der Waals surface area (Å²) >= 11 is 0. The van der Waals surface area contributed by atoms with Crippen molar-refractivity contribution in [3.05, 3.63) is 0 Å². The van der Waals surface area contributed by atoms with Gasteiger partial charge in [-0.3, -0.25) is 18.8 Å². The van der Waals surface area contributed by atoms with Crippen LogP contribution in [0.15, 0.2) is 0 Å². The van der Waals surface area contributed by atoms with Crippen LogP contribution in [-0.2, 0) is 4.79 Å². The van der Waals surface area contributed by atoms with E-state index >= 15 is 0 Å². The fraction of sp³-hybridized carbons (Fsp3) is 0. The number of halogens is 4. The smallest absolute Gasteiger partial charge is 0.106 e. The van der Waals surface area contributed by atoms with Crippen LogP contribution in [-0.4, -0.2) is 17.8 Å². The van der Waals surface area contributed by atoms with Gasteiger partial charge in [-0.05, 0) is 11.0 Å². The summed E-state index contributed by atoms with van der Waals surface area (Å²) in [7, 11) is 0. The van der Waals surface area contributed by atoms with Gasteiger partial charge in [0.1, 0.15) is 6.79 Å². The lowest BCUT2D eigenvalue weighted by molar-refractivity contribution is -0.0979. The molecule has 0 bridgehead atoms. The normalized spacial score (nSPS) is 0.571. The first-order valence-corrected chi connectivity index (χ1v) is 0.289. The van der Waals surface area contributed by atoms with Gasteiger partial charge in [0.2, 0.25) is 0 Å². The molecule has 1 nitrogen and oxygen atoms in total. The van der Waals surface area contributed by atoms with Gasteiger partial charge >= 0.3 is 0 Å². The molecule has 0 fully saturated rings. The Bertz CT molecular complexity index is 11.7. The monoisotopic (exact) mass is 142 g/mol. The van der Waals surface area contributed by atoms with Gasteiger partial charge in [-0.15, -0.1) is 0 Å². The maximum atomic E-state index is 8.00. The third kappa shape index (κ3) is 472. The molecule has 7 heavy (non-hydrogen) atoms. The summed E-state index contributed by atoms with van der Waals surface area (Å²) in [5.74, 6) is 0. The Labute approximate surface area is 42.6 Å². The van der Waals surface area contributed by atoms with Crippen molar-refractivity contribution in [2.24, 2.45) is 0 Å². The molecule has 0 aromatic rings. The van der Waals surface area contributed by atoms with Gasteiger partial charge in [-0.25, -0.2) is 0 Å². The van der Waals surface area contributed by atoms with E-state index in [1.165, 1.54) is 0 Å². The summed E-state index contributed by atoms with van der Waals surface area (Å²) in [6, 6.07) is 0. The molecule has 0 aromatic heterocycles. The lowest BCUT2D eigenvalue weighted by Crippen LogP contribution is -0.925. The first-order chi connectivity index (χ1) is 1.00. The molecule has 0 saturated carbocycles. The van der Waals surface area contributed by atoms with Crippen LogP contribution in [0.3, 0.4) is 0 Å². The van der Waals surface area contributed by atoms with Crippen LogP contribution in [0.4, 0.5) is 18.8 Å². The predicted molar refractivity (Wildman–Crippen MR) is 28.5 cm³/mol. The summed E-state index contributed by atoms with van der Waals surface area (Å²) < 4.78 is 0. The average molecular weight is 142 g/mol.